The van der Waals surface area contributed by atoms with Gasteiger partial charge in [-0.25, -0.2) is 0 Å². The summed E-state index contributed by atoms with van der Waals surface area (Å²) >= 11 is 3.30. The van der Waals surface area contributed by atoms with Gasteiger partial charge in [-0.15, -0.1) is 0 Å². The van der Waals surface area contributed by atoms with Crippen LogP contribution >= 0.6 is 15.9 Å². The van der Waals surface area contributed by atoms with Crippen LogP contribution in [0.5, 0.6) is 0 Å². The minimum absolute atomic E-state index is 0.218. The van der Waals surface area contributed by atoms with Crippen LogP contribution in [0, 0.1) is 0 Å². The highest BCUT2D eigenvalue weighted by Crippen LogP contribution is 2.09. The van der Waals surface area contributed by atoms with Crippen molar-refractivity contribution in [3.05, 3.63) is 0 Å². The SMILES string of the molecule is COC(=O)C(Br)CN1CCOC(C)C1. The first-order valence-electron chi connectivity index (χ1n) is 4.69. The first kappa shape index (κ1) is 11.9. The van der Waals surface area contributed by atoms with Gasteiger partial charge in [0.15, 0.2) is 0 Å². The smallest absolute Gasteiger partial charge is 0.320 e. The minimum Gasteiger partial charge on any atom is -0.468 e. The van der Waals surface area contributed by atoms with Crippen LogP contribution in [-0.4, -0.2) is 55.2 Å². The number of ether oxygens (including phenoxy) is 2. The predicted octanol–water partition coefficient (Wildman–Crippen LogP) is 0.644. The Kier molecular flexibility index (Phi) is 4.84. The summed E-state index contributed by atoms with van der Waals surface area (Å²) in [6, 6.07) is 0. The second kappa shape index (κ2) is 5.68. The summed E-state index contributed by atoms with van der Waals surface area (Å²) in [5, 5.41) is 0. The Balaban J connectivity index is 2.32. The number of hydrogen-bond acceptors (Lipinski definition) is 4. The lowest BCUT2D eigenvalue weighted by Gasteiger charge is -2.31. The molecule has 1 saturated heterocycles. The Morgan fingerprint density at radius 1 is 1.79 bits per heavy atom. The molecule has 0 spiro atoms. The molecule has 0 aromatic carbocycles. The maximum atomic E-state index is 11.1. The molecule has 14 heavy (non-hydrogen) atoms. The number of halogens is 1. The van der Waals surface area contributed by atoms with Crippen LogP contribution in [0.3, 0.4) is 0 Å². The van der Waals surface area contributed by atoms with Gasteiger partial charge in [-0.3, -0.25) is 9.69 Å². The Hall–Kier alpha value is -0.130. The summed E-state index contributed by atoms with van der Waals surface area (Å²) in [5.74, 6) is -0.218. The summed E-state index contributed by atoms with van der Waals surface area (Å²) in [6.45, 7) is 5.21. The number of carbonyl (C=O) groups excluding carboxylic acids is 1. The summed E-state index contributed by atoms with van der Waals surface area (Å²) in [5.41, 5.74) is 0. The van der Waals surface area contributed by atoms with Crippen LogP contribution in [0.4, 0.5) is 0 Å². The van der Waals surface area contributed by atoms with Gasteiger partial charge in [0.2, 0.25) is 0 Å². The van der Waals surface area contributed by atoms with Gasteiger partial charge < -0.3 is 9.47 Å². The van der Waals surface area contributed by atoms with Gasteiger partial charge in [-0.1, -0.05) is 15.9 Å². The van der Waals surface area contributed by atoms with E-state index in [-0.39, 0.29) is 16.9 Å². The average molecular weight is 266 g/mol. The molecule has 1 heterocycles. The van der Waals surface area contributed by atoms with Crippen molar-refractivity contribution in [3.63, 3.8) is 0 Å². The van der Waals surface area contributed by atoms with Gasteiger partial charge in [-0.2, -0.15) is 0 Å². The maximum Gasteiger partial charge on any atom is 0.320 e. The fourth-order valence-corrected chi connectivity index (χ4v) is 2.08. The molecule has 0 radical (unpaired) electrons. The van der Waals surface area contributed by atoms with E-state index in [1.165, 1.54) is 7.11 Å². The maximum absolute atomic E-state index is 11.1. The zero-order valence-electron chi connectivity index (χ0n) is 8.53. The molecule has 1 aliphatic rings. The summed E-state index contributed by atoms with van der Waals surface area (Å²) in [7, 11) is 1.40. The van der Waals surface area contributed by atoms with Gasteiger partial charge in [-0.05, 0) is 6.92 Å². The predicted molar refractivity (Wildman–Crippen MR) is 56.6 cm³/mol. The molecule has 0 aromatic rings. The molecule has 0 saturated carbocycles. The second-order valence-corrected chi connectivity index (χ2v) is 4.54. The van der Waals surface area contributed by atoms with Crippen molar-refractivity contribution in [2.24, 2.45) is 0 Å². The molecular formula is C9H16BrNO3. The topological polar surface area (TPSA) is 38.8 Å². The third-order valence-corrected chi connectivity index (χ3v) is 2.86. The van der Waals surface area contributed by atoms with Gasteiger partial charge in [0.05, 0.1) is 19.8 Å². The highest BCUT2D eigenvalue weighted by molar-refractivity contribution is 9.10. The van der Waals surface area contributed by atoms with Crippen molar-refractivity contribution >= 4 is 21.9 Å². The Labute approximate surface area is 92.7 Å². The van der Waals surface area contributed by atoms with Gasteiger partial charge in [0.1, 0.15) is 4.83 Å². The Bertz CT molecular complexity index is 200. The van der Waals surface area contributed by atoms with E-state index in [1.54, 1.807) is 0 Å². The summed E-state index contributed by atoms with van der Waals surface area (Å²) in [6.07, 6.45) is 0.251. The molecule has 0 bridgehead atoms. The van der Waals surface area contributed by atoms with Crippen molar-refractivity contribution in [1.82, 2.24) is 4.90 Å². The van der Waals surface area contributed by atoms with Crippen molar-refractivity contribution in [1.29, 1.82) is 0 Å². The van der Waals surface area contributed by atoms with Gasteiger partial charge >= 0.3 is 5.97 Å². The molecule has 2 atom stereocenters. The normalized spacial score (nSPS) is 25.8. The molecule has 82 valence electrons. The van der Waals surface area contributed by atoms with Crippen LogP contribution in [0.25, 0.3) is 0 Å². The van der Waals surface area contributed by atoms with E-state index in [9.17, 15) is 4.79 Å². The van der Waals surface area contributed by atoms with E-state index < -0.39 is 0 Å². The van der Waals surface area contributed by atoms with E-state index in [2.05, 4.69) is 25.6 Å². The van der Waals surface area contributed by atoms with E-state index in [0.717, 1.165) is 19.7 Å². The fourth-order valence-electron chi connectivity index (χ4n) is 1.49. The molecular weight excluding hydrogens is 250 g/mol. The van der Waals surface area contributed by atoms with Crippen LogP contribution in [-0.2, 0) is 14.3 Å². The number of hydrogen-bond donors (Lipinski definition) is 0. The first-order valence-corrected chi connectivity index (χ1v) is 5.61. The summed E-state index contributed by atoms with van der Waals surface area (Å²) in [4.78, 5) is 13.1. The number of morpholine rings is 1. The minimum atomic E-state index is -0.238. The van der Waals surface area contributed by atoms with Crippen LogP contribution in [0.2, 0.25) is 0 Å². The molecule has 5 heteroatoms. The number of nitrogens with zero attached hydrogens (tertiary/aromatic N) is 1. The van der Waals surface area contributed by atoms with E-state index in [0.29, 0.717) is 6.54 Å². The molecule has 0 N–H and O–H groups in total. The van der Waals surface area contributed by atoms with Crippen LogP contribution < -0.4 is 0 Å². The zero-order valence-corrected chi connectivity index (χ0v) is 10.1. The van der Waals surface area contributed by atoms with Crippen molar-refractivity contribution < 1.29 is 14.3 Å². The second-order valence-electron chi connectivity index (χ2n) is 3.43. The third-order valence-electron chi connectivity index (χ3n) is 2.20. The molecule has 0 aromatic heterocycles. The number of esters is 1. The highest BCUT2D eigenvalue weighted by atomic mass is 79.9. The van der Waals surface area contributed by atoms with Crippen LogP contribution in [0.15, 0.2) is 0 Å². The van der Waals surface area contributed by atoms with E-state index in [4.69, 9.17) is 4.74 Å². The first-order chi connectivity index (χ1) is 6.63. The molecule has 0 amide bonds. The molecule has 0 aliphatic carbocycles. The van der Waals surface area contributed by atoms with Crippen molar-refractivity contribution in [3.8, 4) is 0 Å². The number of methoxy groups -OCH3 is 1. The summed E-state index contributed by atoms with van der Waals surface area (Å²) < 4.78 is 10.0. The van der Waals surface area contributed by atoms with E-state index >= 15 is 0 Å². The Morgan fingerprint density at radius 2 is 2.50 bits per heavy atom. The number of carbonyl (C=O) groups is 1. The average Bonchev–Trinajstić information content (AvgIpc) is 2.16. The molecule has 1 fully saturated rings. The number of rotatable bonds is 3. The lowest BCUT2D eigenvalue weighted by Crippen LogP contribution is -2.44. The van der Waals surface area contributed by atoms with E-state index in [1.807, 2.05) is 6.92 Å². The number of alkyl halides is 1. The molecule has 1 aliphatic heterocycles. The quantitative estimate of drug-likeness (QED) is 0.555. The third kappa shape index (κ3) is 3.55. The van der Waals surface area contributed by atoms with Crippen molar-refractivity contribution in [2.75, 3.05) is 33.4 Å². The molecule has 1 rings (SSSR count). The standard InChI is InChI=1S/C9H16BrNO3/c1-7-5-11(3-4-14-7)6-8(10)9(12)13-2/h7-8H,3-6H2,1-2H3. The van der Waals surface area contributed by atoms with Gasteiger partial charge in [0.25, 0.3) is 0 Å². The zero-order chi connectivity index (χ0) is 10.6. The van der Waals surface area contributed by atoms with Gasteiger partial charge in [0, 0.05) is 19.6 Å². The largest absolute Gasteiger partial charge is 0.468 e. The fraction of sp³-hybridized carbons (Fsp3) is 0.889. The Morgan fingerprint density at radius 3 is 3.07 bits per heavy atom. The molecule has 2 unspecified atom stereocenters. The monoisotopic (exact) mass is 265 g/mol. The van der Waals surface area contributed by atoms with Crippen molar-refractivity contribution in [2.45, 2.75) is 17.9 Å². The lowest BCUT2D eigenvalue weighted by atomic mass is 10.3. The highest BCUT2D eigenvalue weighted by Gasteiger charge is 2.23. The molecule has 4 nitrogen and oxygen atoms in total. The van der Waals surface area contributed by atoms with Crippen LogP contribution in [0.1, 0.15) is 6.92 Å². The lowest BCUT2D eigenvalue weighted by molar-refractivity contribution is -0.140.